The molecule has 3 nitrogen and oxygen atoms in total. The fraction of sp³-hybridized carbons (Fsp3) is 0.174. The minimum absolute atomic E-state index is 0.267. The van der Waals surface area contributed by atoms with E-state index in [0.717, 1.165) is 24.3 Å². The van der Waals surface area contributed by atoms with Crippen LogP contribution in [-0.2, 0) is 13.1 Å². The first-order chi connectivity index (χ1) is 12.6. The van der Waals surface area contributed by atoms with Crippen molar-refractivity contribution in [3.8, 4) is 5.75 Å². The second-order valence-electron chi connectivity index (χ2n) is 6.93. The molecule has 0 unspecified atom stereocenters. The van der Waals surface area contributed by atoms with Gasteiger partial charge in [0.05, 0.1) is 5.69 Å². The van der Waals surface area contributed by atoms with E-state index in [1.165, 1.54) is 27.9 Å². The Hall–Kier alpha value is -3.07. The summed E-state index contributed by atoms with van der Waals surface area (Å²) < 4.78 is 0. The van der Waals surface area contributed by atoms with Crippen LogP contribution in [0.15, 0.2) is 65.7 Å². The number of hydrogen-bond donors (Lipinski definition) is 1. The molecule has 0 saturated carbocycles. The highest BCUT2D eigenvalue weighted by atomic mass is 16.3. The molecule has 130 valence electrons. The van der Waals surface area contributed by atoms with Crippen molar-refractivity contribution < 1.29 is 5.11 Å². The van der Waals surface area contributed by atoms with Crippen LogP contribution in [0.1, 0.15) is 27.8 Å². The Balaban J connectivity index is 1.47. The van der Waals surface area contributed by atoms with Gasteiger partial charge in [-0.25, -0.2) is 0 Å². The maximum atomic E-state index is 9.32. The van der Waals surface area contributed by atoms with Crippen LogP contribution in [0.2, 0.25) is 0 Å². The minimum Gasteiger partial charge on any atom is -0.508 e. The highest BCUT2D eigenvalue weighted by molar-refractivity contribution is 5.82. The number of hydrogen-bond acceptors (Lipinski definition) is 3. The topological polar surface area (TPSA) is 35.8 Å². The molecule has 0 fully saturated rings. The third-order valence-electron chi connectivity index (χ3n) is 5.01. The maximum absolute atomic E-state index is 9.32. The number of anilines is 1. The average Bonchev–Trinajstić information content (AvgIpc) is 3.05. The summed E-state index contributed by atoms with van der Waals surface area (Å²) in [5.74, 6) is 0.267. The summed E-state index contributed by atoms with van der Waals surface area (Å²) in [6.45, 7) is 6.29. The van der Waals surface area contributed by atoms with Gasteiger partial charge in [-0.2, -0.15) is 0 Å². The SMILES string of the molecule is Cc1cc2c(cc1C)CN(c1ccc(N=Cc3ccc(O)cc3)cc1)C2. The lowest BCUT2D eigenvalue weighted by atomic mass is 10.0. The largest absolute Gasteiger partial charge is 0.508 e. The van der Waals surface area contributed by atoms with Gasteiger partial charge < -0.3 is 10.0 Å². The molecule has 0 amide bonds. The van der Waals surface area contributed by atoms with Crippen molar-refractivity contribution in [3.63, 3.8) is 0 Å². The van der Waals surface area contributed by atoms with Crippen molar-refractivity contribution >= 4 is 17.6 Å². The second-order valence-corrected chi connectivity index (χ2v) is 6.93. The number of aromatic hydroxyl groups is 1. The standard InChI is InChI=1S/C23H22N2O/c1-16-11-19-14-25(15-20(19)12-17(16)2)22-7-5-21(6-8-22)24-13-18-3-9-23(26)10-4-18/h3-13,26H,14-15H2,1-2H3. The van der Waals surface area contributed by atoms with Crippen LogP contribution in [0, 0.1) is 13.8 Å². The van der Waals surface area contributed by atoms with Gasteiger partial charge in [0.1, 0.15) is 5.75 Å². The summed E-state index contributed by atoms with van der Waals surface area (Å²) in [4.78, 5) is 6.91. The van der Waals surface area contributed by atoms with Crippen molar-refractivity contribution in [2.24, 2.45) is 4.99 Å². The molecular weight excluding hydrogens is 320 g/mol. The van der Waals surface area contributed by atoms with E-state index in [-0.39, 0.29) is 5.75 Å². The van der Waals surface area contributed by atoms with Crippen LogP contribution in [0.5, 0.6) is 5.75 Å². The molecule has 0 bridgehead atoms. The fourth-order valence-corrected chi connectivity index (χ4v) is 3.34. The third kappa shape index (κ3) is 3.33. The maximum Gasteiger partial charge on any atom is 0.115 e. The lowest BCUT2D eigenvalue weighted by Crippen LogP contribution is -2.13. The number of aryl methyl sites for hydroxylation is 2. The molecule has 26 heavy (non-hydrogen) atoms. The quantitative estimate of drug-likeness (QED) is 0.657. The summed E-state index contributed by atoms with van der Waals surface area (Å²) in [5.41, 5.74) is 8.71. The van der Waals surface area contributed by atoms with E-state index in [4.69, 9.17) is 0 Å². The summed E-state index contributed by atoms with van der Waals surface area (Å²) >= 11 is 0. The van der Waals surface area contributed by atoms with Crippen molar-refractivity contribution in [1.29, 1.82) is 0 Å². The monoisotopic (exact) mass is 342 g/mol. The molecule has 3 aromatic rings. The first kappa shape index (κ1) is 16.4. The second kappa shape index (κ2) is 6.68. The number of benzene rings is 3. The zero-order valence-corrected chi connectivity index (χ0v) is 15.1. The van der Waals surface area contributed by atoms with Gasteiger partial charge >= 0.3 is 0 Å². The van der Waals surface area contributed by atoms with E-state index in [0.29, 0.717) is 0 Å². The highest BCUT2D eigenvalue weighted by Gasteiger charge is 2.19. The molecule has 3 aromatic carbocycles. The molecule has 1 aliphatic rings. The van der Waals surface area contributed by atoms with Gasteiger partial charge in [-0.3, -0.25) is 4.99 Å². The Morgan fingerprint density at radius 3 is 2.00 bits per heavy atom. The molecule has 0 aliphatic carbocycles. The van der Waals surface area contributed by atoms with Crippen molar-refractivity contribution in [1.82, 2.24) is 0 Å². The molecule has 0 atom stereocenters. The van der Waals surface area contributed by atoms with E-state index in [2.05, 4.69) is 48.0 Å². The van der Waals surface area contributed by atoms with Crippen LogP contribution >= 0.6 is 0 Å². The van der Waals surface area contributed by atoms with Crippen LogP contribution < -0.4 is 4.90 Å². The molecule has 0 radical (unpaired) electrons. The van der Waals surface area contributed by atoms with Crippen LogP contribution in [-0.4, -0.2) is 11.3 Å². The number of nitrogens with zero attached hydrogens (tertiary/aromatic N) is 2. The van der Waals surface area contributed by atoms with E-state index < -0.39 is 0 Å². The van der Waals surface area contributed by atoms with Gasteiger partial charge in [-0.15, -0.1) is 0 Å². The van der Waals surface area contributed by atoms with Gasteiger partial charge in [-0.1, -0.05) is 12.1 Å². The molecule has 1 N–H and O–H groups in total. The van der Waals surface area contributed by atoms with Crippen LogP contribution in [0.3, 0.4) is 0 Å². The summed E-state index contributed by atoms with van der Waals surface area (Å²) in [5, 5.41) is 9.32. The van der Waals surface area contributed by atoms with E-state index in [1.807, 2.05) is 30.5 Å². The molecule has 4 rings (SSSR count). The molecule has 3 heteroatoms. The highest BCUT2D eigenvalue weighted by Crippen LogP contribution is 2.31. The van der Waals surface area contributed by atoms with E-state index in [9.17, 15) is 5.11 Å². The first-order valence-corrected chi connectivity index (χ1v) is 8.85. The third-order valence-corrected chi connectivity index (χ3v) is 5.01. The molecule has 1 heterocycles. The molecule has 1 aliphatic heterocycles. The number of fused-ring (bicyclic) bond motifs is 1. The fourth-order valence-electron chi connectivity index (χ4n) is 3.34. The molecule has 0 spiro atoms. The summed E-state index contributed by atoms with van der Waals surface area (Å²) in [6.07, 6.45) is 1.81. The average molecular weight is 342 g/mol. The number of phenols is 1. The summed E-state index contributed by atoms with van der Waals surface area (Å²) in [7, 11) is 0. The predicted molar refractivity (Wildman–Crippen MR) is 108 cm³/mol. The molecular formula is C23H22N2O. The number of phenolic OH excluding ortho intramolecular Hbond substituents is 1. The molecule has 0 saturated heterocycles. The lowest BCUT2D eigenvalue weighted by Gasteiger charge is -2.17. The Morgan fingerprint density at radius 1 is 0.846 bits per heavy atom. The van der Waals surface area contributed by atoms with Gasteiger partial charge in [0.15, 0.2) is 0 Å². The Labute approximate surface area is 154 Å². The molecule has 0 aromatic heterocycles. The van der Waals surface area contributed by atoms with Crippen LogP contribution in [0.25, 0.3) is 0 Å². The normalized spacial score (nSPS) is 13.4. The van der Waals surface area contributed by atoms with Gasteiger partial charge in [0.25, 0.3) is 0 Å². The Bertz CT molecular complexity index is 926. The van der Waals surface area contributed by atoms with E-state index in [1.54, 1.807) is 12.1 Å². The van der Waals surface area contributed by atoms with Crippen LogP contribution in [0.4, 0.5) is 11.4 Å². The first-order valence-electron chi connectivity index (χ1n) is 8.85. The summed E-state index contributed by atoms with van der Waals surface area (Å²) in [6, 6.07) is 20.0. The smallest absolute Gasteiger partial charge is 0.115 e. The number of rotatable bonds is 3. The Morgan fingerprint density at radius 2 is 1.42 bits per heavy atom. The zero-order valence-electron chi connectivity index (χ0n) is 15.1. The number of aliphatic imine (C=N–C) groups is 1. The van der Waals surface area contributed by atoms with Crippen molar-refractivity contribution in [2.45, 2.75) is 26.9 Å². The van der Waals surface area contributed by atoms with Crippen molar-refractivity contribution in [3.05, 3.63) is 88.5 Å². The van der Waals surface area contributed by atoms with Gasteiger partial charge in [0, 0.05) is 25.0 Å². The lowest BCUT2D eigenvalue weighted by molar-refractivity contribution is 0.475. The van der Waals surface area contributed by atoms with Gasteiger partial charge in [0.2, 0.25) is 0 Å². The van der Waals surface area contributed by atoms with E-state index >= 15 is 0 Å². The predicted octanol–water partition coefficient (Wildman–Crippen LogP) is 5.28. The minimum atomic E-state index is 0.267. The van der Waals surface area contributed by atoms with Crippen molar-refractivity contribution in [2.75, 3.05) is 4.90 Å². The Kier molecular flexibility index (Phi) is 4.21. The zero-order chi connectivity index (χ0) is 18.1. The van der Waals surface area contributed by atoms with Gasteiger partial charge in [-0.05, 0) is 90.2 Å².